The summed E-state index contributed by atoms with van der Waals surface area (Å²) >= 11 is 1.59. The van der Waals surface area contributed by atoms with E-state index in [0.717, 1.165) is 16.0 Å². The van der Waals surface area contributed by atoms with Crippen molar-refractivity contribution in [3.63, 3.8) is 0 Å². The van der Waals surface area contributed by atoms with E-state index in [-0.39, 0.29) is 0 Å². The van der Waals surface area contributed by atoms with E-state index >= 15 is 0 Å². The number of hydrogen-bond donors (Lipinski definition) is 2. The molecule has 112 valence electrons. The lowest BCUT2D eigenvalue weighted by Crippen LogP contribution is -2.22. The Labute approximate surface area is 130 Å². The quantitative estimate of drug-likeness (QED) is 0.889. The van der Waals surface area contributed by atoms with Crippen LogP contribution in [0.2, 0.25) is 0 Å². The fourth-order valence-electron chi connectivity index (χ4n) is 3.28. The van der Waals surface area contributed by atoms with Gasteiger partial charge in [-0.3, -0.25) is 5.10 Å². The highest BCUT2D eigenvalue weighted by Gasteiger charge is 2.36. The van der Waals surface area contributed by atoms with E-state index in [9.17, 15) is 0 Å². The van der Waals surface area contributed by atoms with Gasteiger partial charge in [0.15, 0.2) is 5.16 Å². The van der Waals surface area contributed by atoms with E-state index in [2.05, 4.69) is 65.5 Å². The van der Waals surface area contributed by atoms with Crippen molar-refractivity contribution in [3.8, 4) is 0 Å². The first-order valence-corrected chi connectivity index (χ1v) is 8.23. The summed E-state index contributed by atoms with van der Waals surface area (Å²) in [6.45, 7) is 7.07. The second-order valence-electron chi connectivity index (χ2n) is 6.72. The van der Waals surface area contributed by atoms with Gasteiger partial charge in [0.25, 0.3) is 0 Å². The molecule has 2 aromatic rings. The average molecular weight is 302 g/mol. The summed E-state index contributed by atoms with van der Waals surface area (Å²) in [7, 11) is 0. The summed E-state index contributed by atoms with van der Waals surface area (Å²) in [6.07, 6.45) is 4.06. The molecule has 1 saturated carbocycles. The van der Waals surface area contributed by atoms with E-state index in [1.54, 1.807) is 11.8 Å². The number of anilines is 1. The molecule has 2 atom stereocenters. The van der Waals surface area contributed by atoms with Gasteiger partial charge in [-0.1, -0.05) is 32.5 Å². The van der Waals surface area contributed by atoms with Crippen molar-refractivity contribution < 1.29 is 0 Å². The molecule has 0 spiro atoms. The lowest BCUT2D eigenvalue weighted by atomic mass is 9.91. The zero-order valence-electron chi connectivity index (χ0n) is 12.8. The maximum atomic E-state index is 4.12. The molecule has 0 saturated heterocycles. The van der Waals surface area contributed by atoms with Crippen LogP contribution in [0.1, 0.15) is 33.6 Å². The van der Waals surface area contributed by atoms with E-state index < -0.39 is 0 Å². The predicted octanol–water partition coefficient (Wildman–Crippen LogP) is 4.19. The van der Waals surface area contributed by atoms with Crippen molar-refractivity contribution in [1.82, 2.24) is 15.2 Å². The molecule has 1 aromatic heterocycles. The Balaban J connectivity index is 1.62. The molecular weight excluding hydrogens is 280 g/mol. The number of rotatable bonds is 4. The maximum absolute atomic E-state index is 4.12. The monoisotopic (exact) mass is 302 g/mol. The number of aromatic nitrogens is 3. The van der Waals surface area contributed by atoms with Gasteiger partial charge in [0, 0.05) is 16.6 Å². The Hall–Kier alpha value is -1.49. The molecule has 1 aromatic carbocycles. The first kappa shape index (κ1) is 14.4. The fourth-order valence-corrected chi connectivity index (χ4v) is 3.97. The van der Waals surface area contributed by atoms with Crippen LogP contribution >= 0.6 is 11.8 Å². The van der Waals surface area contributed by atoms with Gasteiger partial charge in [-0.2, -0.15) is 5.10 Å². The standard InChI is InChI=1S/C16H22N4S/c1-11-8-16(2,3)9-14(11)19-12-4-6-13(7-5-12)21-15-17-10-18-20-15/h4-7,10-11,14,19H,8-9H2,1-3H3,(H,17,18,20). The largest absolute Gasteiger partial charge is 0.382 e. The van der Waals surface area contributed by atoms with E-state index in [1.807, 2.05) is 0 Å². The van der Waals surface area contributed by atoms with Crippen LogP contribution in [0.25, 0.3) is 0 Å². The van der Waals surface area contributed by atoms with Crippen LogP contribution in [-0.4, -0.2) is 21.2 Å². The Morgan fingerprint density at radius 2 is 2.00 bits per heavy atom. The molecule has 0 bridgehead atoms. The minimum Gasteiger partial charge on any atom is -0.382 e. The third kappa shape index (κ3) is 3.59. The summed E-state index contributed by atoms with van der Waals surface area (Å²) in [4.78, 5) is 5.29. The molecular formula is C16H22N4S. The van der Waals surface area contributed by atoms with Crippen molar-refractivity contribution in [1.29, 1.82) is 0 Å². The van der Waals surface area contributed by atoms with Gasteiger partial charge in [0.05, 0.1) is 0 Å². The number of aromatic amines is 1. The molecule has 4 nitrogen and oxygen atoms in total. The summed E-state index contributed by atoms with van der Waals surface area (Å²) in [6, 6.07) is 9.13. The normalized spacial score (nSPS) is 24.1. The Bertz CT molecular complexity index is 577. The zero-order valence-corrected chi connectivity index (χ0v) is 13.6. The van der Waals surface area contributed by atoms with Crippen LogP contribution in [0.5, 0.6) is 0 Å². The summed E-state index contributed by atoms with van der Waals surface area (Å²) in [5, 5.41) is 11.2. The van der Waals surface area contributed by atoms with Crippen LogP contribution in [0.15, 0.2) is 40.6 Å². The second-order valence-corrected chi connectivity index (χ2v) is 7.78. The highest BCUT2D eigenvalue weighted by molar-refractivity contribution is 7.99. The number of nitrogens with zero attached hydrogens (tertiary/aromatic N) is 2. The van der Waals surface area contributed by atoms with Crippen LogP contribution < -0.4 is 5.32 Å². The lowest BCUT2D eigenvalue weighted by Gasteiger charge is -2.20. The molecule has 3 rings (SSSR count). The van der Waals surface area contributed by atoms with Gasteiger partial charge in [-0.25, -0.2) is 4.98 Å². The molecule has 1 fully saturated rings. The Kier molecular flexibility index (Phi) is 3.93. The second kappa shape index (κ2) is 5.72. The predicted molar refractivity (Wildman–Crippen MR) is 86.5 cm³/mol. The number of benzene rings is 1. The van der Waals surface area contributed by atoms with Crippen LogP contribution in [0, 0.1) is 11.3 Å². The number of H-pyrrole nitrogens is 1. The van der Waals surface area contributed by atoms with E-state index in [0.29, 0.717) is 11.5 Å². The highest BCUT2D eigenvalue weighted by Crippen LogP contribution is 2.42. The van der Waals surface area contributed by atoms with Crippen LogP contribution in [0.4, 0.5) is 5.69 Å². The molecule has 1 heterocycles. The molecule has 21 heavy (non-hydrogen) atoms. The fraction of sp³-hybridized carbons (Fsp3) is 0.500. The van der Waals surface area contributed by atoms with Crippen molar-refractivity contribution >= 4 is 17.4 Å². The summed E-state index contributed by atoms with van der Waals surface area (Å²) in [5.41, 5.74) is 1.66. The van der Waals surface area contributed by atoms with Gasteiger partial charge >= 0.3 is 0 Å². The number of nitrogens with one attached hydrogen (secondary N) is 2. The first-order valence-electron chi connectivity index (χ1n) is 7.42. The third-order valence-electron chi connectivity index (χ3n) is 4.15. The topological polar surface area (TPSA) is 53.6 Å². The summed E-state index contributed by atoms with van der Waals surface area (Å²) < 4.78 is 0. The SMILES string of the molecule is CC1CC(C)(C)CC1Nc1ccc(Sc2ncn[nH]2)cc1. The van der Waals surface area contributed by atoms with Gasteiger partial charge in [-0.05, 0) is 48.4 Å². The first-order chi connectivity index (χ1) is 10.0. The third-order valence-corrected chi connectivity index (χ3v) is 5.05. The minimum atomic E-state index is 0.458. The maximum Gasteiger partial charge on any atom is 0.188 e. The lowest BCUT2D eigenvalue weighted by molar-refractivity contribution is 0.366. The Morgan fingerprint density at radius 3 is 2.57 bits per heavy atom. The van der Waals surface area contributed by atoms with Crippen molar-refractivity contribution in [2.24, 2.45) is 11.3 Å². The molecule has 2 unspecified atom stereocenters. The molecule has 1 aliphatic rings. The molecule has 2 N–H and O–H groups in total. The zero-order chi connectivity index (χ0) is 14.9. The molecule has 0 amide bonds. The average Bonchev–Trinajstić information content (AvgIpc) is 3.00. The molecule has 0 aliphatic heterocycles. The van der Waals surface area contributed by atoms with Gasteiger partial charge in [-0.15, -0.1) is 0 Å². The minimum absolute atomic E-state index is 0.458. The van der Waals surface area contributed by atoms with Gasteiger partial charge < -0.3 is 5.32 Å². The van der Waals surface area contributed by atoms with Crippen molar-refractivity contribution in [2.45, 2.75) is 49.7 Å². The van der Waals surface area contributed by atoms with Crippen LogP contribution in [0.3, 0.4) is 0 Å². The molecule has 0 radical (unpaired) electrons. The van der Waals surface area contributed by atoms with E-state index in [4.69, 9.17) is 0 Å². The number of hydrogen-bond acceptors (Lipinski definition) is 4. The van der Waals surface area contributed by atoms with Crippen molar-refractivity contribution in [2.75, 3.05) is 5.32 Å². The molecule has 1 aliphatic carbocycles. The Morgan fingerprint density at radius 1 is 1.24 bits per heavy atom. The van der Waals surface area contributed by atoms with Crippen molar-refractivity contribution in [3.05, 3.63) is 30.6 Å². The van der Waals surface area contributed by atoms with Gasteiger partial charge in [0.1, 0.15) is 6.33 Å². The summed E-state index contributed by atoms with van der Waals surface area (Å²) in [5.74, 6) is 0.725. The van der Waals surface area contributed by atoms with Crippen LogP contribution in [-0.2, 0) is 0 Å². The van der Waals surface area contributed by atoms with Gasteiger partial charge in [0.2, 0.25) is 0 Å². The smallest absolute Gasteiger partial charge is 0.188 e. The van der Waals surface area contributed by atoms with E-state index in [1.165, 1.54) is 24.9 Å². The highest BCUT2D eigenvalue weighted by atomic mass is 32.2. The molecule has 5 heteroatoms.